The second kappa shape index (κ2) is 13.5. The fourth-order valence-corrected chi connectivity index (χ4v) is 3.85. The van der Waals surface area contributed by atoms with Crippen molar-refractivity contribution in [2.24, 2.45) is 4.99 Å². The normalized spacial score (nSPS) is 15.3. The molecule has 1 amide bonds. The summed E-state index contributed by atoms with van der Waals surface area (Å²) in [5.74, 6) is 0.761. The van der Waals surface area contributed by atoms with Gasteiger partial charge in [0.25, 0.3) is 5.91 Å². The van der Waals surface area contributed by atoms with Crippen molar-refractivity contribution in [3.8, 4) is 0 Å². The molecule has 0 spiro atoms. The van der Waals surface area contributed by atoms with E-state index in [1.165, 1.54) is 11.1 Å². The Morgan fingerprint density at radius 3 is 2.42 bits per heavy atom. The van der Waals surface area contributed by atoms with Gasteiger partial charge in [0.1, 0.15) is 0 Å². The quantitative estimate of drug-likeness (QED) is 0.307. The number of amides is 1. The average Bonchev–Trinajstić information content (AvgIpc) is 2.81. The maximum atomic E-state index is 12.1. The van der Waals surface area contributed by atoms with E-state index in [0.717, 1.165) is 44.4 Å². The van der Waals surface area contributed by atoms with Crippen LogP contribution in [-0.2, 0) is 11.3 Å². The molecule has 1 heterocycles. The number of nitrogens with zero attached hydrogens (tertiary/aromatic N) is 3. The molecule has 2 aromatic rings. The van der Waals surface area contributed by atoms with Crippen molar-refractivity contribution in [1.82, 2.24) is 20.4 Å². The van der Waals surface area contributed by atoms with Gasteiger partial charge in [0.15, 0.2) is 5.96 Å². The predicted octanol–water partition coefficient (Wildman–Crippen LogP) is 3.05. The van der Waals surface area contributed by atoms with Crippen LogP contribution < -0.4 is 10.6 Å². The first-order valence-corrected chi connectivity index (χ1v) is 11.1. The van der Waals surface area contributed by atoms with E-state index in [1.54, 1.807) is 26.0 Å². The number of halogens is 1. The minimum atomic E-state index is 0. The Morgan fingerprint density at radius 2 is 1.82 bits per heavy atom. The third kappa shape index (κ3) is 7.97. The number of ether oxygens (including phenoxy) is 1. The molecule has 1 fully saturated rings. The van der Waals surface area contributed by atoms with Crippen LogP contribution in [0.1, 0.15) is 33.1 Å². The Morgan fingerprint density at radius 1 is 1.12 bits per heavy atom. The van der Waals surface area contributed by atoms with Crippen molar-refractivity contribution < 1.29 is 9.53 Å². The van der Waals surface area contributed by atoms with Crippen LogP contribution in [0.5, 0.6) is 0 Å². The first-order chi connectivity index (χ1) is 15.5. The van der Waals surface area contributed by atoms with E-state index in [9.17, 15) is 4.79 Å². The molecular formula is C25H36IN5O2. The third-order valence-corrected chi connectivity index (χ3v) is 5.67. The van der Waals surface area contributed by atoms with Crippen LogP contribution in [0.25, 0.3) is 0 Å². The molecule has 2 aromatic carbocycles. The number of aliphatic imine (C=N–C) groups is 1. The molecule has 0 aliphatic carbocycles. The monoisotopic (exact) mass is 565 g/mol. The summed E-state index contributed by atoms with van der Waals surface area (Å²) in [4.78, 5) is 20.5. The highest BCUT2D eigenvalue weighted by Crippen LogP contribution is 2.22. The van der Waals surface area contributed by atoms with Gasteiger partial charge in [-0.2, -0.15) is 0 Å². The van der Waals surface area contributed by atoms with E-state index < -0.39 is 0 Å². The lowest BCUT2D eigenvalue weighted by atomic mass is 10.0. The minimum Gasteiger partial charge on any atom is -0.379 e. The van der Waals surface area contributed by atoms with Gasteiger partial charge in [-0.3, -0.25) is 14.7 Å². The number of aryl methyl sites for hydroxylation is 1. The summed E-state index contributed by atoms with van der Waals surface area (Å²) in [6.07, 6.45) is 0. The van der Waals surface area contributed by atoms with Gasteiger partial charge in [-0.05, 0) is 30.2 Å². The van der Waals surface area contributed by atoms with Crippen LogP contribution >= 0.6 is 24.0 Å². The number of hydrogen-bond acceptors (Lipinski definition) is 4. The summed E-state index contributed by atoms with van der Waals surface area (Å²) in [7, 11) is 5.30. The molecule has 7 nitrogen and oxygen atoms in total. The van der Waals surface area contributed by atoms with Gasteiger partial charge in [-0.15, -0.1) is 24.0 Å². The van der Waals surface area contributed by atoms with Gasteiger partial charge in [-0.1, -0.05) is 42.0 Å². The molecule has 1 unspecified atom stereocenters. The Hall–Kier alpha value is -2.17. The van der Waals surface area contributed by atoms with Crippen LogP contribution in [-0.4, -0.2) is 75.7 Å². The van der Waals surface area contributed by atoms with Gasteiger partial charge in [0, 0.05) is 52.9 Å². The second-order valence-electron chi connectivity index (χ2n) is 8.28. The highest BCUT2D eigenvalue weighted by atomic mass is 127. The fourth-order valence-electron chi connectivity index (χ4n) is 3.85. The Labute approximate surface area is 214 Å². The van der Waals surface area contributed by atoms with E-state index in [2.05, 4.69) is 51.7 Å². The number of carbonyl (C=O) groups excluding carboxylic acids is 1. The highest BCUT2D eigenvalue weighted by molar-refractivity contribution is 14.0. The summed E-state index contributed by atoms with van der Waals surface area (Å²) in [5, 5.41) is 6.87. The van der Waals surface area contributed by atoms with Crippen molar-refractivity contribution >= 4 is 35.8 Å². The largest absolute Gasteiger partial charge is 0.379 e. The fraction of sp³-hybridized carbons (Fsp3) is 0.440. The summed E-state index contributed by atoms with van der Waals surface area (Å²) in [6, 6.07) is 16.6. The highest BCUT2D eigenvalue weighted by Gasteiger charge is 2.23. The smallest absolute Gasteiger partial charge is 0.253 e. The van der Waals surface area contributed by atoms with Crippen molar-refractivity contribution in [3.63, 3.8) is 0 Å². The number of hydrogen-bond donors (Lipinski definition) is 2. The molecule has 33 heavy (non-hydrogen) atoms. The lowest BCUT2D eigenvalue weighted by Crippen LogP contribution is -2.46. The topological polar surface area (TPSA) is 69.2 Å². The van der Waals surface area contributed by atoms with Crippen molar-refractivity contribution in [2.45, 2.75) is 19.5 Å². The van der Waals surface area contributed by atoms with E-state index >= 15 is 0 Å². The molecule has 0 bridgehead atoms. The first-order valence-electron chi connectivity index (χ1n) is 11.1. The second-order valence-corrected chi connectivity index (χ2v) is 8.28. The molecular weight excluding hydrogens is 529 g/mol. The zero-order valence-corrected chi connectivity index (χ0v) is 22.3. The number of morpholine rings is 1. The minimum absolute atomic E-state index is 0. The predicted molar refractivity (Wildman–Crippen MR) is 144 cm³/mol. The van der Waals surface area contributed by atoms with Crippen LogP contribution in [0, 0.1) is 6.92 Å². The van der Waals surface area contributed by atoms with Crippen LogP contribution in [0.3, 0.4) is 0 Å². The SMILES string of the molecule is CN=C(NCc1ccc(C(=O)N(C)C)cc1)NCC(c1cccc(C)c1)N1CCOCC1.I. The van der Waals surface area contributed by atoms with Gasteiger partial charge >= 0.3 is 0 Å². The maximum absolute atomic E-state index is 12.1. The van der Waals surface area contributed by atoms with Gasteiger partial charge in [0.05, 0.1) is 19.3 Å². The first kappa shape index (κ1) is 27.1. The molecule has 180 valence electrons. The van der Waals surface area contributed by atoms with Crippen molar-refractivity contribution in [1.29, 1.82) is 0 Å². The molecule has 2 N–H and O–H groups in total. The summed E-state index contributed by atoms with van der Waals surface area (Å²) < 4.78 is 5.56. The Kier molecular flexibility index (Phi) is 11.1. The summed E-state index contributed by atoms with van der Waals surface area (Å²) in [6.45, 7) is 6.88. The molecule has 0 aromatic heterocycles. The summed E-state index contributed by atoms with van der Waals surface area (Å²) in [5.41, 5.74) is 4.34. The molecule has 3 rings (SSSR count). The van der Waals surface area contributed by atoms with Crippen LogP contribution in [0.4, 0.5) is 0 Å². The Balaban J connectivity index is 0.00000385. The van der Waals surface area contributed by atoms with Gasteiger partial charge in [0.2, 0.25) is 0 Å². The van der Waals surface area contributed by atoms with E-state index in [1.807, 2.05) is 24.3 Å². The molecule has 1 aliphatic rings. The molecule has 0 radical (unpaired) electrons. The van der Waals surface area contributed by atoms with Gasteiger partial charge < -0.3 is 20.3 Å². The third-order valence-electron chi connectivity index (χ3n) is 5.67. The molecule has 8 heteroatoms. The zero-order valence-electron chi connectivity index (χ0n) is 20.0. The molecule has 1 saturated heterocycles. The number of benzene rings is 2. The lowest BCUT2D eigenvalue weighted by molar-refractivity contribution is 0.0170. The molecule has 1 aliphatic heterocycles. The van der Waals surface area contributed by atoms with E-state index in [-0.39, 0.29) is 35.9 Å². The number of rotatable bonds is 7. The maximum Gasteiger partial charge on any atom is 0.253 e. The average molecular weight is 566 g/mol. The summed E-state index contributed by atoms with van der Waals surface area (Å²) >= 11 is 0. The van der Waals surface area contributed by atoms with E-state index in [0.29, 0.717) is 12.1 Å². The lowest BCUT2D eigenvalue weighted by Gasteiger charge is -2.35. The van der Waals surface area contributed by atoms with Crippen molar-refractivity contribution in [3.05, 3.63) is 70.8 Å². The van der Waals surface area contributed by atoms with Crippen LogP contribution in [0.15, 0.2) is 53.5 Å². The standard InChI is InChI=1S/C25H35N5O2.HI/c1-19-6-5-7-22(16-19)23(30-12-14-32-15-13-30)18-28-25(26-2)27-17-20-8-10-21(11-9-20)24(31)29(3)4;/h5-11,16,23H,12-15,17-18H2,1-4H3,(H2,26,27,28);1H. The number of nitrogens with one attached hydrogen (secondary N) is 2. The van der Waals surface area contributed by atoms with Gasteiger partial charge in [-0.25, -0.2) is 0 Å². The van der Waals surface area contributed by atoms with Crippen LogP contribution in [0.2, 0.25) is 0 Å². The number of carbonyl (C=O) groups is 1. The molecule has 0 saturated carbocycles. The Bertz CT molecular complexity index is 911. The van der Waals surface area contributed by atoms with Crippen molar-refractivity contribution in [2.75, 3.05) is 54.0 Å². The molecule has 1 atom stereocenters. The number of guanidine groups is 1. The van der Waals surface area contributed by atoms with E-state index in [4.69, 9.17) is 4.74 Å². The zero-order chi connectivity index (χ0) is 22.9.